The molecule has 2 aliphatic heterocycles. The number of aliphatic carboxylic acids is 2. The maximum atomic E-state index is 12.4. The van der Waals surface area contributed by atoms with Gasteiger partial charge in [0.05, 0.1) is 11.6 Å². The third-order valence-electron chi connectivity index (χ3n) is 8.58. The lowest BCUT2D eigenvalue weighted by Crippen LogP contribution is -2.16. The molecule has 1 unspecified atom stereocenters. The van der Waals surface area contributed by atoms with E-state index >= 15 is 0 Å². The Labute approximate surface area is 256 Å². The fraction of sp³-hybridized carbons (Fsp3) is 0.382. The Balaban J connectivity index is 1.90. The van der Waals surface area contributed by atoms with E-state index in [1.165, 1.54) is 0 Å². The first-order valence-corrected chi connectivity index (χ1v) is 14.9. The summed E-state index contributed by atoms with van der Waals surface area (Å²) < 4.78 is 0. The molecular formula is C34H40N4O6. The van der Waals surface area contributed by atoms with Crippen molar-refractivity contribution >= 4 is 47.7 Å². The van der Waals surface area contributed by atoms with Crippen LogP contribution in [0.5, 0.6) is 0 Å². The van der Waals surface area contributed by atoms with Gasteiger partial charge in [-0.1, -0.05) is 13.0 Å². The number of H-pyrrole nitrogens is 2. The molecule has 0 radical (unpaired) electrons. The maximum absolute atomic E-state index is 12.4. The molecule has 0 bridgehead atoms. The first-order valence-electron chi connectivity index (χ1n) is 14.9. The topological polar surface area (TPSA) is 165 Å². The number of nitrogens with one attached hydrogen (secondary N) is 3. The molecule has 232 valence electrons. The van der Waals surface area contributed by atoms with Gasteiger partial charge in [-0.25, -0.2) is 4.99 Å². The average Bonchev–Trinajstić information content (AvgIpc) is 3.60. The van der Waals surface area contributed by atoms with Crippen LogP contribution in [0.2, 0.25) is 0 Å². The number of nitrogens with zero attached hydrogens (tertiary/aromatic N) is 1. The zero-order valence-corrected chi connectivity index (χ0v) is 26.1. The van der Waals surface area contributed by atoms with E-state index < -0.39 is 11.9 Å². The molecule has 5 N–H and O–H groups in total. The van der Waals surface area contributed by atoms with Gasteiger partial charge >= 0.3 is 11.9 Å². The minimum atomic E-state index is -0.911. The average molecular weight is 601 g/mol. The summed E-state index contributed by atoms with van der Waals surface area (Å²) in [4.78, 5) is 58.7. The number of carboxylic acid groups (broad SMARTS) is 2. The van der Waals surface area contributed by atoms with E-state index in [1.807, 2.05) is 65.8 Å². The van der Waals surface area contributed by atoms with Gasteiger partial charge in [-0.2, -0.15) is 0 Å². The Morgan fingerprint density at radius 1 is 0.886 bits per heavy atom. The summed E-state index contributed by atoms with van der Waals surface area (Å²) in [5.74, 6) is -2.35. The van der Waals surface area contributed by atoms with E-state index in [2.05, 4.69) is 20.3 Å². The monoisotopic (exact) mass is 600 g/mol. The first-order chi connectivity index (χ1) is 20.9. The lowest BCUT2D eigenvalue weighted by atomic mass is 10.00. The van der Waals surface area contributed by atoms with Crippen molar-refractivity contribution in [2.24, 2.45) is 10.9 Å². The molecule has 44 heavy (non-hydrogen) atoms. The van der Waals surface area contributed by atoms with E-state index in [0.29, 0.717) is 35.9 Å². The molecule has 0 spiro atoms. The highest BCUT2D eigenvalue weighted by Crippen LogP contribution is 2.29. The predicted octanol–water partition coefficient (Wildman–Crippen LogP) is 3.75. The van der Waals surface area contributed by atoms with Crippen molar-refractivity contribution in [3.63, 3.8) is 0 Å². The Morgan fingerprint density at radius 3 is 2.20 bits per heavy atom. The number of carbonyl (C=O) groups is 4. The first kappa shape index (κ1) is 32.2. The molecule has 1 atom stereocenters. The van der Waals surface area contributed by atoms with E-state index in [9.17, 15) is 29.4 Å². The second-order valence-corrected chi connectivity index (χ2v) is 11.3. The number of carbonyl (C=O) groups excluding carboxylic acids is 2. The van der Waals surface area contributed by atoms with E-state index in [-0.39, 0.29) is 37.0 Å². The van der Waals surface area contributed by atoms with Crippen molar-refractivity contribution in [1.82, 2.24) is 15.3 Å². The molecular weight excluding hydrogens is 560 g/mol. The van der Waals surface area contributed by atoms with Gasteiger partial charge in [0.15, 0.2) is 0 Å². The second kappa shape index (κ2) is 13.3. The largest absolute Gasteiger partial charge is 0.481 e. The van der Waals surface area contributed by atoms with Crippen molar-refractivity contribution < 1.29 is 29.4 Å². The lowest BCUT2D eigenvalue weighted by molar-refractivity contribution is -0.138. The van der Waals surface area contributed by atoms with E-state index in [0.717, 1.165) is 55.8 Å². The molecule has 0 aliphatic carbocycles. The van der Waals surface area contributed by atoms with Crippen LogP contribution in [0.15, 0.2) is 33.5 Å². The molecule has 10 heteroatoms. The maximum Gasteiger partial charge on any atom is 0.303 e. The standard InChI is InChI=1S/C34H40N4O6/c1-7-21-20(6)33(43)38-28(21)15-26-18(4)23(10-9-11-31(39)40)29(36-26)16-30-24(12-13-32(41)42)19(5)25(35-30)14-27-17(3)22(8-2)34(44)37-27/h7,14-16,20,35-36H,8-13H2,1-6H3,(H,38,43)(H,39,40)(H,41,42)/b21-7-,25-14+,28-15-,30-16+. The molecule has 4 rings (SSSR count). The van der Waals surface area contributed by atoms with E-state index in [4.69, 9.17) is 0 Å². The fourth-order valence-corrected chi connectivity index (χ4v) is 5.96. The molecule has 0 saturated carbocycles. The second-order valence-electron chi connectivity index (χ2n) is 11.3. The van der Waals surface area contributed by atoms with Crippen LogP contribution in [-0.4, -0.2) is 49.6 Å². The molecule has 2 aromatic rings. The van der Waals surface area contributed by atoms with Crippen molar-refractivity contribution in [1.29, 1.82) is 0 Å². The molecule has 2 amide bonds. The van der Waals surface area contributed by atoms with Crippen molar-refractivity contribution in [3.8, 4) is 0 Å². The van der Waals surface area contributed by atoms with Crippen LogP contribution >= 0.6 is 0 Å². The van der Waals surface area contributed by atoms with E-state index in [1.54, 1.807) is 0 Å². The number of allylic oxidation sites excluding steroid dienone is 3. The zero-order chi connectivity index (χ0) is 32.3. The third-order valence-corrected chi connectivity index (χ3v) is 8.58. The van der Waals surface area contributed by atoms with Crippen molar-refractivity contribution in [3.05, 3.63) is 72.8 Å². The van der Waals surface area contributed by atoms with Gasteiger partial charge in [-0.3, -0.25) is 19.2 Å². The van der Waals surface area contributed by atoms with Crippen LogP contribution in [0, 0.1) is 19.8 Å². The van der Waals surface area contributed by atoms with Crippen LogP contribution in [0.4, 0.5) is 0 Å². The van der Waals surface area contributed by atoms with Crippen LogP contribution in [0.1, 0.15) is 87.0 Å². The Hall–Kier alpha value is -4.73. The quantitative estimate of drug-likeness (QED) is 0.264. The summed E-state index contributed by atoms with van der Waals surface area (Å²) in [6, 6.07) is 0. The summed E-state index contributed by atoms with van der Waals surface area (Å²) in [7, 11) is 0. The van der Waals surface area contributed by atoms with Gasteiger partial charge in [0.2, 0.25) is 5.91 Å². The number of aliphatic imine (C=N–C) groups is 1. The van der Waals surface area contributed by atoms with Gasteiger partial charge in [0, 0.05) is 46.2 Å². The Kier molecular flexibility index (Phi) is 9.71. The summed E-state index contributed by atoms with van der Waals surface area (Å²) >= 11 is 0. The SMILES string of the molecule is C/C=C1\C(=C\c2[nH]c(/C=c3/[nH]/c(=C/C4=NC(=O)C(CC)=C4C)c(C)c3CCC(=O)O)c(CCCC(=O)O)c2C)NC(=O)C1C. The fourth-order valence-electron chi connectivity index (χ4n) is 5.96. The van der Waals surface area contributed by atoms with Crippen LogP contribution in [-0.2, 0) is 32.0 Å². The van der Waals surface area contributed by atoms with Gasteiger partial charge in [0.1, 0.15) is 0 Å². The smallest absolute Gasteiger partial charge is 0.303 e. The lowest BCUT2D eigenvalue weighted by Gasteiger charge is -2.03. The van der Waals surface area contributed by atoms with Gasteiger partial charge in [-0.05, 0) is 112 Å². The zero-order valence-electron chi connectivity index (χ0n) is 26.1. The summed E-state index contributed by atoms with van der Waals surface area (Å²) in [5, 5.41) is 23.1. The molecule has 2 aliphatic rings. The minimum Gasteiger partial charge on any atom is -0.481 e. The number of aromatic amines is 2. The number of aromatic nitrogens is 2. The number of hydrogen-bond donors (Lipinski definition) is 5. The molecule has 10 nitrogen and oxygen atoms in total. The molecule has 2 aromatic heterocycles. The predicted molar refractivity (Wildman–Crippen MR) is 169 cm³/mol. The highest BCUT2D eigenvalue weighted by molar-refractivity contribution is 6.30. The normalized spacial score (nSPS) is 19.6. The third kappa shape index (κ3) is 6.59. The van der Waals surface area contributed by atoms with Gasteiger partial charge < -0.3 is 25.5 Å². The Bertz CT molecular complexity index is 1790. The minimum absolute atomic E-state index is 0.0226. The summed E-state index contributed by atoms with van der Waals surface area (Å²) in [6.07, 6.45) is 9.38. The summed E-state index contributed by atoms with van der Waals surface area (Å²) in [6.45, 7) is 11.4. The summed E-state index contributed by atoms with van der Waals surface area (Å²) in [5.41, 5.74) is 8.85. The van der Waals surface area contributed by atoms with Gasteiger partial charge in [-0.15, -0.1) is 0 Å². The van der Waals surface area contributed by atoms with Gasteiger partial charge in [0.25, 0.3) is 5.91 Å². The van der Waals surface area contributed by atoms with Crippen LogP contribution in [0.3, 0.4) is 0 Å². The van der Waals surface area contributed by atoms with Crippen LogP contribution < -0.4 is 16.0 Å². The number of hydrogen-bond acceptors (Lipinski definition) is 4. The molecule has 4 heterocycles. The molecule has 0 aromatic carbocycles. The van der Waals surface area contributed by atoms with Crippen molar-refractivity contribution in [2.45, 2.75) is 80.1 Å². The highest BCUT2D eigenvalue weighted by Gasteiger charge is 2.29. The van der Waals surface area contributed by atoms with Crippen molar-refractivity contribution in [2.75, 3.05) is 0 Å². The number of amides is 2. The van der Waals surface area contributed by atoms with Crippen LogP contribution in [0.25, 0.3) is 18.2 Å². The molecule has 1 fully saturated rings. The number of rotatable bonds is 11. The molecule has 1 saturated heterocycles. The highest BCUT2D eigenvalue weighted by atomic mass is 16.4. The number of carboxylic acids is 2. The Morgan fingerprint density at radius 2 is 1.59 bits per heavy atom.